The largest absolute Gasteiger partial charge is 0.394 e. The van der Waals surface area contributed by atoms with Crippen LogP contribution in [0.4, 0.5) is 0 Å². The molecule has 44 heavy (non-hydrogen) atoms. The van der Waals surface area contributed by atoms with E-state index in [0.717, 1.165) is 0 Å². The van der Waals surface area contributed by atoms with E-state index in [9.17, 15) is 66.4 Å². The molecule has 0 aromatic heterocycles. The molecule has 0 saturated carbocycles. The molecule has 6 unspecified atom stereocenters. The van der Waals surface area contributed by atoms with Crippen molar-refractivity contribution in [2.75, 3.05) is 19.8 Å². The Kier molecular flexibility index (Phi) is 12.1. The number of aliphatic hydroxyl groups is 13. The first-order chi connectivity index (χ1) is 20.7. The van der Waals surface area contributed by atoms with Crippen LogP contribution < -0.4 is 5.32 Å². The number of ether oxygens (including phenoxy) is 4. The Bertz CT molecular complexity index is 958. The van der Waals surface area contributed by atoms with Crippen molar-refractivity contribution in [2.24, 2.45) is 5.92 Å². The van der Waals surface area contributed by atoms with Crippen molar-refractivity contribution in [3.05, 3.63) is 11.6 Å². The molecule has 3 saturated heterocycles. The van der Waals surface area contributed by atoms with Gasteiger partial charge in [-0.15, -0.1) is 0 Å². The fraction of sp³-hybridized carbons (Fsp3) is 0.923. The summed E-state index contributed by atoms with van der Waals surface area (Å²) < 4.78 is 22.1. The van der Waals surface area contributed by atoms with Crippen molar-refractivity contribution in [1.82, 2.24) is 5.32 Å². The average molecular weight is 644 g/mol. The quantitative estimate of drug-likeness (QED) is 0.104. The van der Waals surface area contributed by atoms with Crippen molar-refractivity contribution in [1.29, 1.82) is 0 Å². The van der Waals surface area contributed by atoms with Gasteiger partial charge in [0.05, 0.1) is 56.3 Å². The third-order valence-electron chi connectivity index (χ3n) is 9.05. The van der Waals surface area contributed by atoms with Crippen molar-refractivity contribution < 1.29 is 85.3 Å². The molecule has 18 nitrogen and oxygen atoms in total. The Morgan fingerprint density at radius 1 is 0.682 bits per heavy atom. The minimum absolute atomic E-state index is 0.0472. The number of rotatable bonds is 9. The van der Waals surface area contributed by atoms with Crippen molar-refractivity contribution in [3.8, 4) is 0 Å². The molecule has 3 aliphatic heterocycles. The number of aliphatic hydroxyl groups excluding tert-OH is 13. The second-order valence-electron chi connectivity index (χ2n) is 11.8. The van der Waals surface area contributed by atoms with Gasteiger partial charge in [-0.25, -0.2) is 0 Å². The molecular formula is C26H45NO17. The lowest BCUT2D eigenvalue weighted by molar-refractivity contribution is -0.353. The van der Waals surface area contributed by atoms with Crippen molar-refractivity contribution in [3.63, 3.8) is 0 Å². The van der Waals surface area contributed by atoms with Crippen LogP contribution in [0, 0.1) is 5.92 Å². The van der Waals surface area contributed by atoms with Gasteiger partial charge in [0.25, 0.3) is 0 Å². The van der Waals surface area contributed by atoms with Crippen LogP contribution in [-0.2, 0) is 18.9 Å². The second-order valence-corrected chi connectivity index (χ2v) is 11.8. The molecule has 19 atom stereocenters. The lowest BCUT2D eigenvalue weighted by Crippen LogP contribution is -2.67. The highest BCUT2D eigenvalue weighted by Gasteiger charge is 2.53. The van der Waals surface area contributed by atoms with E-state index in [2.05, 4.69) is 5.32 Å². The van der Waals surface area contributed by atoms with E-state index in [4.69, 9.17) is 18.9 Å². The molecule has 0 radical (unpaired) electrons. The van der Waals surface area contributed by atoms with Gasteiger partial charge in [-0.05, 0) is 18.9 Å². The second kappa shape index (κ2) is 14.8. The molecular weight excluding hydrogens is 598 g/mol. The Morgan fingerprint density at radius 3 is 1.95 bits per heavy atom. The van der Waals surface area contributed by atoms with Crippen molar-refractivity contribution in [2.45, 2.75) is 123 Å². The van der Waals surface area contributed by atoms with Gasteiger partial charge in [-0.1, -0.05) is 6.08 Å². The highest BCUT2D eigenvalue weighted by atomic mass is 16.7. The molecule has 0 spiro atoms. The predicted molar refractivity (Wildman–Crippen MR) is 141 cm³/mol. The molecule has 0 amide bonds. The zero-order valence-corrected chi connectivity index (χ0v) is 23.8. The maximum atomic E-state index is 11.0. The highest BCUT2D eigenvalue weighted by Crippen LogP contribution is 2.36. The summed E-state index contributed by atoms with van der Waals surface area (Å²) in [5, 5.41) is 136. The maximum Gasteiger partial charge on any atom is 0.187 e. The van der Waals surface area contributed by atoms with Crippen LogP contribution in [0.25, 0.3) is 0 Å². The predicted octanol–water partition coefficient (Wildman–Crippen LogP) is -7.90. The summed E-state index contributed by atoms with van der Waals surface area (Å²) >= 11 is 0. The summed E-state index contributed by atoms with van der Waals surface area (Å²) in [5.74, 6) is -1.08. The van der Waals surface area contributed by atoms with E-state index in [0.29, 0.717) is 0 Å². The number of nitrogens with one attached hydrogen (secondary N) is 1. The van der Waals surface area contributed by atoms with E-state index < -0.39 is 136 Å². The summed E-state index contributed by atoms with van der Waals surface area (Å²) in [4.78, 5) is 0. The van der Waals surface area contributed by atoms with Crippen LogP contribution in [0.2, 0.25) is 0 Å². The Hall–Kier alpha value is -0.980. The molecule has 0 aromatic rings. The van der Waals surface area contributed by atoms with Crippen LogP contribution in [0.5, 0.6) is 0 Å². The van der Waals surface area contributed by atoms with Gasteiger partial charge in [0, 0.05) is 5.92 Å². The third-order valence-corrected chi connectivity index (χ3v) is 9.05. The van der Waals surface area contributed by atoms with Crippen LogP contribution in [0.15, 0.2) is 11.6 Å². The molecule has 18 heteroatoms. The SMILES string of the molecule is CC1O[C@H](C[C@@H]2C(CO)O[C@H](O[C@@H]3C(CO)O[C@@H](O)C(O)[C@H]3O)C(O)[C@H]2O)C(O)[C@@H](O)[C@@H]1N[C@H]1C=C(CO)[C@@H](O)[C@H](O)[C@H]1O. The molecule has 1 aliphatic carbocycles. The standard InChI is InChI=1S/C26H45NO17/c1-7-14(27-10-2-8(4-28)15(31)20(36)17(10)33)19(35)18(34)11(41-7)3-9-12(5-29)43-26(23(39)16(9)32)44-24-13(6-30)42-25(40)22(38)21(24)37/h2,7,9-40H,3-6H2,1H3/t7?,9-,10+,11-,12?,13?,14-,15-,16+,17+,18?,19+,20+,21-,22?,23?,24-,25-,26-/m1/s1. The lowest BCUT2D eigenvalue weighted by Gasteiger charge is -2.49. The summed E-state index contributed by atoms with van der Waals surface area (Å²) in [6, 6.07) is -2.05. The van der Waals surface area contributed by atoms with Gasteiger partial charge in [0.2, 0.25) is 0 Å². The van der Waals surface area contributed by atoms with E-state index in [1.54, 1.807) is 6.92 Å². The van der Waals surface area contributed by atoms with Crippen LogP contribution in [0.1, 0.15) is 13.3 Å². The highest BCUT2D eigenvalue weighted by molar-refractivity contribution is 5.22. The molecule has 4 rings (SSSR count). The normalized spacial score (nSPS) is 52.0. The number of hydrogen-bond donors (Lipinski definition) is 14. The third kappa shape index (κ3) is 6.98. The molecule has 14 N–H and O–H groups in total. The topological polar surface area (TPSA) is 312 Å². The first-order valence-electron chi connectivity index (χ1n) is 14.5. The minimum Gasteiger partial charge on any atom is -0.394 e. The zero-order chi connectivity index (χ0) is 32.6. The van der Waals surface area contributed by atoms with Crippen LogP contribution in [0.3, 0.4) is 0 Å². The first-order valence-corrected chi connectivity index (χ1v) is 14.5. The molecule has 256 valence electrons. The van der Waals surface area contributed by atoms with Gasteiger partial charge >= 0.3 is 0 Å². The van der Waals surface area contributed by atoms with E-state index >= 15 is 0 Å². The van der Waals surface area contributed by atoms with Gasteiger partial charge in [0.15, 0.2) is 12.6 Å². The van der Waals surface area contributed by atoms with Gasteiger partial charge in [-0.2, -0.15) is 0 Å². The lowest BCUT2D eigenvalue weighted by atomic mass is 9.80. The van der Waals surface area contributed by atoms with E-state index in [-0.39, 0.29) is 12.0 Å². The Labute approximate surface area is 251 Å². The van der Waals surface area contributed by atoms with Crippen LogP contribution >= 0.6 is 0 Å². The molecule has 0 aromatic carbocycles. The summed E-state index contributed by atoms with van der Waals surface area (Å²) in [6.07, 6.45) is -23.4. The summed E-state index contributed by atoms with van der Waals surface area (Å²) in [5.41, 5.74) is 0.0472. The van der Waals surface area contributed by atoms with Gasteiger partial charge in [-0.3, -0.25) is 0 Å². The van der Waals surface area contributed by atoms with Gasteiger partial charge < -0.3 is 90.6 Å². The monoisotopic (exact) mass is 643 g/mol. The Morgan fingerprint density at radius 2 is 1.34 bits per heavy atom. The molecule has 4 aliphatic rings. The Balaban J connectivity index is 1.42. The first kappa shape index (κ1) is 35.9. The van der Waals surface area contributed by atoms with E-state index in [1.165, 1.54) is 6.08 Å². The molecule has 3 heterocycles. The van der Waals surface area contributed by atoms with Crippen molar-refractivity contribution >= 4 is 0 Å². The average Bonchev–Trinajstić information content (AvgIpc) is 3.00. The summed E-state index contributed by atoms with van der Waals surface area (Å²) in [6.45, 7) is -0.503. The minimum atomic E-state index is -1.82. The number of hydrogen-bond acceptors (Lipinski definition) is 18. The van der Waals surface area contributed by atoms with Gasteiger partial charge in [0.1, 0.15) is 61.0 Å². The van der Waals surface area contributed by atoms with Crippen LogP contribution in [-0.4, -0.2) is 196 Å². The molecule has 3 fully saturated rings. The van der Waals surface area contributed by atoms with E-state index in [1.807, 2.05) is 0 Å². The zero-order valence-electron chi connectivity index (χ0n) is 23.8. The fourth-order valence-electron chi connectivity index (χ4n) is 6.37. The smallest absolute Gasteiger partial charge is 0.187 e. The molecule has 0 bridgehead atoms. The maximum absolute atomic E-state index is 11.0. The summed E-state index contributed by atoms with van der Waals surface area (Å²) in [7, 11) is 0. The fourth-order valence-corrected chi connectivity index (χ4v) is 6.37.